The number of hydrogen-bond donors (Lipinski definition) is 1. The summed E-state index contributed by atoms with van der Waals surface area (Å²) in [6, 6.07) is 5.85. The highest BCUT2D eigenvalue weighted by atomic mass is 15.2. The summed E-state index contributed by atoms with van der Waals surface area (Å²) < 4.78 is 0. The molecule has 0 unspecified atom stereocenters. The minimum atomic E-state index is 0.688. The van der Waals surface area contributed by atoms with Gasteiger partial charge in [-0.1, -0.05) is 19.3 Å². The molecule has 0 aromatic carbocycles. The monoisotopic (exact) mass is 259 g/mol. The Labute approximate surface area is 116 Å². The molecule has 104 valence electrons. The molecule has 0 spiro atoms. The van der Waals surface area contributed by atoms with Crippen molar-refractivity contribution in [3.63, 3.8) is 0 Å². The first-order valence-electron chi connectivity index (χ1n) is 7.74. The minimum Gasteiger partial charge on any atom is -0.357 e. The van der Waals surface area contributed by atoms with Gasteiger partial charge in [-0.25, -0.2) is 4.98 Å². The highest BCUT2D eigenvalue weighted by Crippen LogP contribution is 2.25. The predicted octanol–water partition coefficient (Wildman–Crippen LogP) is 3.10. The van der Waals surface area contributed by atoms with Crippen molar-refractivity contribution in [3.8, 4) is 0 Å². The van der Waals surface area contributed by atoms with Crippen molar-refractivity contribution in [1.29, 1.82) is 0 Å². The van der Waals surface area contributed by atoms with Crippen molar-refractivity contribution >= 4 is 5.82 Å². The first-order chi connectivity index (χ1) is 9.33. The van der Waals surface area contributed by atoms with Crippen LogP contribution in [-0.4, -0.2) is 24.1 Å². The molecule has 2 fully saturated rings. The summed E-state index contributed by atoms with van der Waals surface area (Å²) in [6.07, 6.45) is 11.4. The summed E-state index contributed by atoms with van der Waals surface area (Å²) in [5, 5.41) is 3.57. The lowest BCUT2D eigenvalue weighted by molar-refractivity contribution is 0.426. The molecule has 1 N–H and O–H groups in total. The molecule has 3 heteroatoms. The number of hydrogen-bond acceptors (Lipinski definition) is 3. The van der Waals surface area contributed by atoms with E-state index in [1.165, 1.54) is 50.5 Å². The second-order valence-corrected chi connectivity index (χ2v) is 6.08. The fraction of sp³-hybridized carbons (Fsp3) is 0.688. The Kier molecular flexibility index (Phi) is 4.02. The van der Waals surface area contributed by atoms with Gasteiger partial charge in [0, 0.05) is 31.9 Å². The second kappa shape index (κ2) is 5.91. The molecule has 1 aromatic heterocycles. The van der Waals surface area contributed by atoms with Crippen LogP contribution < -0.4 is 10.2 Å². The van der Waals surface area contributed by atoms with E-state index >= 15 is 0 Å². The Morgan fingerprint density at radius 2 is 2.00 bits per heavy atom. The predicted molar refractivity (Wildman–Crippen MR) is 79.4 cm³/mol. The molecule has 0 saturated heterocycles. The van der Waals surface area contributed by atoms with Gasteiger partial charge in [-0.05, 0) is 43.4 Å². The van der Waals surface area contributed by atoms with Gasteiger partial charge in [-0.3, -0.25) is 0 Å². The maximum atomic E-state index is 4.56. The fourth-order valence-electron chi connectivity index (χ4n) is 2.97. The van der Waals surface area contributed by atoms with Crippen molar-refractivity contribution in [3.05, 3.63) is 23.9 Å². The third-order valence-corrected chi connectivity index (χ3v) is 4.47. The molecule has 0 amide bonds. The van der Waals surface area contributed by atoms with E-state index in [-0.39, 0.29) is 0 Å². The molecule has 19 heavy (non-hydrogen) atoms. The minimum absolute atomic E-state index is 0.688. The van der Waals surface area contributed by atoms with Crippen LogP contribution in [0.1, 0.15) is 50.5 Å². The van der Waals surface area contributed by atoms with Crippen molar-refractivity contribution < 1.29 is 0 Å². The quantitative estimate of drug-likeness (QED) is 0.880. The summed E-state index contributed by atoms with van der Waals surface area (Å²) in [4.78, 5) is 6.94. The van der Waals surface area contributed by atoms with Gasteiger partial charge < -0.3 is 10.2 Å². The average Bonchev–Trinajstić information content (AvgIpc) is 3.30. The smallest absolute Gasteiger partial charge is 0.128 e. The number of nitrogens with one attached hydrogen (secondary N) is 1. The van der Waals surface area contributed by atoms with Crippen molar-refractivity contribution in [2.45, 2.75) is 63.6 Å². The summed E-state index contributed by atoms with van der Waals surface area (Å²) in [5.74, 6) is 1.14. The van der Waals surface area contributed by atoms with Crippen LogP contribution in [0.25, 0.3) is 0 Å². The van der Waals surface area contributed by atoms with E-state index < -0.39 is 0 Å². The molecular formula is C16H25N3. The van der Waals surface area contributed by atoms with Crippen molar-refractivity contribution in [2.24, 2.45) is 0 Å². The van der Waals surface area contributed by atoms with Gasteiger partial charge in [-0.2, -0.15) is 0 Å². The van der Waals surface area contributed by atoms with E-state index in [9.17, 15) is 0 Å². The van der Waals surface area contributed by atoms with Crippen LogP contribution in [0.4, 0.5) is 5.82 Å². The van der Waals surface area contributed by atoms with E-state index in [0.29, 0.717) is 6.04 Å². The third kappa shape index (κ3) is 3.47. The highest BCUT2D eigenvalue weighted by Gasteiger charge is 2.21. The summed E-state index contributed by atoms with van der Waals surface area (Å²) in [7, 11) is 2.20. The Morgan fingerprint density at radius 1 is 1.21 bits per heavy atom. The molecule has 2 saturated carbocycles. The van der Waals surface area contributed by atoms with Gasteiger partial charge in [0.15, 0.2) is 0 Å². The lowest BCUT2D eigenvalue weighted by Gasteiger charge is -2.32. The van der Waals surface area contributed by atoms with Gasteiger partial charge in [0.2, 0.25) is 0 Å². The van der Waals surface area contributed by atoms with E-state index in [0.717, 1.165) is 18.4 Å². The summed E-state index contributed by atoms with van der Waals surface area (Å²) in [5.41, 5.74) is 1.36. The molecule has 2 aliphatic carbocycles. The summed E-state index contributed by atoms with van der Waals surface area (Å²) in [6.45, 7) is 0.985. The Morgan fingerprint density at radius 3 is 2.74 bits per heavy atom. The van der Waals surface area contributed by atoms with Gasteiger partial charge in [0.05, 0.1) is 0 Å². The van der Waals surface area contributed by atoms with Crippen LogP contribution in [0.15, 0.2) is 18.3 Å². The Bertz CT molecular complexity index is 408. The largest absolute Gasteiger partial charge is 0.357 e. The molecule has 0 radical (unpaired) electrons. The molecule has 0 bridgehead atoms. The highest BCUT2D eigenvalue weighted by molar-refractivity contribution is 5.41. The zero-order valence-corrected chi connectivity index (χ0v) is 11.9. The molecule has 0 atom stereocenters. The van der Waals surface area contributed by atoms with Gasteiger partial charge in [0.1, 0.15) is 5.82 Å². The van der Waals surface area contributed by atoms with E-state index in [1.54, 1.807) is 0 Å². The van der Waals surface area contributed by atoms with Crippen LogP contribution >= 0.6 is 0 Å². The molecular weight excluding hydrogens is 234 g/mol. The number of nitrogens with zero attached hydrogens (tertiary/aromatic N) is 2. The lowest BCUT2D eigenvalue weighted by atomic mass is 9.94. The van der Waals surface area contributed by atoms with Crippen LogP contribution in [0.5, 0.6) is 0 Å². The molecule has 1 heterocycles. The molecule has 0 aliphatic heterocycles. The molecule has 3 rings (SSSR count). The number of pyridine rings is 1. The van der Waals surface area contributed by atoms with Crippen LogP contribution in [0.2, 0.25) is 0 Å². The van der Waals surface area contributed by atoms with Crippen LogP contribution in [0, 0.1) is 0 Å². The first-order valence-corrected chi connectivity index (χ1v) is 7.74. The van der Waals surface area contributed by atoms with E-state index in [2.05, 4.69) is 34.4 Å². The first kappa shape index (κ1) is 12.9. The topological polar surface area (TPSA) is 28.2 Å². The van der Waals surface area contributed by atoms with E-state index in [1.807, 2.05) is 6.20 Å². The fourth-order valence-corrected chi connectivity index (χ4v) is 2.97. The average molecular weight is 259 g/mol. The van der Waals surface area contributed by atoms with E-state index in [4.69, 9.17) is 0 Å². The zero-order valence-electron chi connectivity index (χ0n) is 11.9. The molecule has 1 aromatic rings. The van der Waals surface area contributed by atoms with Crippen LogP contribution in [-0.2, 0) is 6.54 Å². The molecule has 2 aliphatic rings. The molecule has 3 nitrogen and oxygen atoms in total. The normalized spacial score (nSPS) is 20.5. The Hall–Kier alpha value is -1.09. The van der Waals surface area contributed by atoms with Gasteiger partial charge in [-0.15, -0.1) is 0 Å². The maximum Gasteiger partial charge on any atom is 0.128 e. The van der Waals surface area contributed by atoms with Crippen LogP contribution in [0.3, 0.4) is 0 Å². The van der Waals surface area contributed by atoms with Crippen molar-refractivity contribution in [1.82, 2.24) is 10.3 Å². The zero-order chi connectivity index (χ0) is 13.1. The van der Waals surface area contributed by atoms with Gasteiger partial charge >= 0.3 is 0 Å². The standard InChI is InChI=1S/C16H25N3/c1-19(15-5-3-2-4-6-15)16-11-13(9-10-17-16)12-18-14-7-8-14/h9-11,14-15,18H,2-8,12H2,1H3. The van der Waals surface area contributed by atoms with Gasteiger partial charge in [0.25, 0.3) is 0 Å². The third-order valence-electron chi connectivity index (χ3n) is 4.47. The second-order valence-electron chi connectivity index (χ2n) is 6.08. The summed E-state index contributed by atoms with van der Waals surface area (Å²) >= 11 is 0. The number of aromatic nitrogens is 1. The maximum absolute atomic E-state index is 4.56. The van der Waals surface area contributed by atoms with Crippen molar-refractivity contribution in [2.75, 3.05) is 11.9 Å². The number of anilines is 1. The SMILES string of the molecule is CN(c1cc(CNC2CC2)ccn1)C1CCCCC1. The number of rotatable bonds is 5. The lowest BCUT2D eigenvalue weighted by Crippen LogP contribution is -2.34. The Balaban J connectivity index is 1.63.